The summed E-state index contributed by atoms with van der Waals surface area (Å²) in [6.45, 7) is 0. The van der Waals surface area contributed by atoms with E-state index in [1.165, 1.54) is 65.9 Å². The van der Waals surface area contributed by atoms with E-state index in [0.29, 0.717) is 0 Å². The molecule has 0 aliphatic carbocycles. The molecule has 0 saturated carbocycles. The quantitative estimate of drug-likeness (QED) is 0.203. The second-order valence-corrected chi connectivity index (χ2v) is 11.4. The van der Waals surface area contributed by atoms with Crippen molar-refractivity contribution in [2.24, 2.45) is 0 Å². The van der Waals surface area contributed by atoms with Gasteiger partial charge in [-0.15, -0.1) is 0 Å². The molecule has 0 N–H and O–H groups in total. The highest BCUT2D eigenvalue weighted by atomic mass is 15.0. The molecule has 9 aromatic rings. The molecule has 2 aromatic heterocycles. The Balaban J connectivity index is 1.29. The standard InChI is InChI=1S/C42H28N2/c1-2-13-29(14-3-1)33-17-4-5-18-34(33)30-15-12-16-31(27-30)44-41-24-11-8-21-37(41)38-26-25-32(28-42(38)44)43-39-22-9-6-19-35(39)36-20-7-10-23-40(36)43/h1-28H. The molecule has 9 rings (SSSR count). The van der Waals surface area contributed by atoms with Crippen LogP contribution in [-0.2, 0) is 0 Å². The number of rotatable bonds is 4. The van der Waals surface area contributed by atoms with E-state index >= 15 is 0 Å². The molecule has 0 aliphatic rings. The van der Waals surface area contributed by atoms with Crippen molar-refractivity contribution in [3.8, 4) is 33.6 Å². The average molecular weight is 561 g/mol. The third-order valence-corrected chi connectivity index (χ3v) is 8.92. The van der Waals surface area contributed by atoms with Crippen LogP contribution in [0.15, 0.2) is 170 Å². The summed E-state index contributed by atoms with van der Waals surface area (Å²) >= 11 is 0. The monoisotopic (exact) mass is 560 g/mol. The fourth-order valence-corrected chi connectivity index (χ4v) is 6.99. The van der Waals surface area contributed by atoms with Crippen LogP contribution in [0.5, 0.6) is 0 Å². The third kappa shape index (κ3) is 3.75. The second kappa shape index (κ2) is 9.86. The lowest BCUT2D eigenvalue weighted by Crippen LogP contribution is -1.97. The van der Waals surface area contributed by atoms with E-state index in [4.69, 9.17) is 0 Å². The number of hydrogen-bond donors (Lipinski definition) is 0. The normalized spacial score (nSPS) is 11.6. The topological polar surface area (TPSA) is 9.86 Å². The smallest absolute Gasteiger partial charge is 0.0561 e. The zero-order valence-corrected chi connectivity index (χ0v) is 24.1. The lowest BCUT2D eigenvalue weighted by molar-refractivity contribution is 1.15. The highest BCUT2D eigenvalue weighted by Crippen LogP contribution is 2.38. The largest absolute Gasteiger partial charge is 0.309 e. The molecule has 0 amide bonds. The molecule has 2 nitrogen and oxygen atoms in total. The number of fused-ring (bicyclic) bond motifs is 6. The summed E-state index contributed by atoms with van der Waals surface area (Å²) in [5.41, 5.74) is 12.0. The van der Waals surface area contributed by atoms with Gasteiger partial charge in [0.25, 0.3) is 0 Å². The van der Waals surface area contributed by atoms with Gasteiger partial charge in [0.15, 0.2) is 0 Å². The first kappa shape index (κ1) is 24.7. The van der Waals surface area contributed by atoms with E-state index in [2.05, 4.69) is 179 Å². The molecule has 206 valence electrons. The Bertz CT molecular complexity index is 2440. The lowest BCUT2D eigenvalue weighted by atomic mass is 9.94. The third-order valence-electron chi connectivity index (χ3n) is 8.92. The van der Waals surface area contributed by atoms with Crippen LogP contribution in [0.2, 0.25) is 0 Å². The summed E-state index contributed by atoms with van der Waals surface area (Å²) in [4.78, 5) is 0. The van der Waals surface area contributed by atoms with Crippen molar-refractivity contribution >= 4 is 43.6 Å². The maximum Gasteiger partial charge on any atom is 0.0561 e. The van der Waals surface area contributed by atoms with Crippen LogP contribution in [0.1, 0.15) is 0 Å². The number of nitrogens with zero attached hydrogens (tertiary/aromatic N) is 2. The van der Waals surface area contributed by atoms with Gasteiger partial charge >= 0.3 is 0 Å². The molecule has 2 heteroatoms. The van der Waals surface area contributed by atoms with E-state index in [9.17, 15) is 0 Å². The summed E-state index contributed by atoms with van der Waals surface area (Å²) in [7, 11) is 0. The van der Waals surface area contributed by atoms with Gasteiger partial charge in [-0.05, 0) is 64.7 Å². The Morgan fingerprint density at radius 3 is 1.36 bits per heavy atom. The summed E-state index contributed by atoms with van der Waals surface area (Å²) in [6.07, 6.45) is 0. The second-order valence-electron chi connectivity index (χ2n) is 11.4. The van der Waals surface area contributed by atoms with Gasteiger partial charge in [0.05, 0.1) is 22.1 Å². The minimum Gasteiger partial charge on any atom is -0.309 e. The van der Waals surface area contributed by atoms with Crippen LogP contribution in [0.25, 0.3) is 77.2 Å². The summed E-state index contributed by atoms with van der Waals surface area (Å²) < 4.78 is 4.83. The van der Waals surface area contributed by atoms with E-state index in [1.807, 2.05) is 0 Å². The van der Waals surface area contributed by atoms with Gasteiger partial charge in [0, 0.05) is 32.9 Å². The first-order valence-electron chi connectivity index (χ1n) is 15.1. The van der Waals surface area contributed by atoms with Gasteiger partial charge in [-0.1, -0.05) is 127 Å². The summed E-state index contributed by atoms with van der Waals surface area (Å²) in [5, 5.41) is 5.05. The van der Waals surface area contributed by atoms with Crippen molar-refractivity contribution in [3.63, 3.8) is 0 Å². The first-order valence-corrected chi connectivity index (χ1v) is 15.1. The molecular formula is C42H28N2. The molecule has 0 unspecified atom stereocenters. The van der Waals surface area contributed by atoms with Crippen molar-refractivity contribution in [3.05, 3.63) is 170 Å². The minimum absolute atomic E-state index is 1.15. The van der Waals surface area contributed by atoms with Crippen molar-refractivity contribution in [2.75, 3.05) is 0 Å². The molecule has 7 aromatic carbocycles. The highest BCUT2D eigenvalue weighted by molar-refractivity contribution is 6.12. The van der Waals surface area contributed by atoms with Crippen LogP contribution in [0, 0.1) is 0 Å². The van der Waals surface area contributed by atoms with Crippen LogP contribution in [0.4, 0.5) is 0 Å². The molecular weight excluding hydrogens is 532 g/mol. The molecule has 0 bridgehead atoms. The van der Waals surface area contributed by atoms with Gasteiger partial charge < -0.3 is 9.13 Å². The maximum atomic E-state index is 2.43. The highest BCUT2D eigenvalue weighted by Gasteiger charge is 2.17. The molecule has 0 atom stereocenters. The average Bonchev–Trinajstić information content (AvgIpc) is 3.61. The first-order chi connectivity index (χ1) is 21.8. The van der Waals surface area contributed by atoms with Crippen molar-refractivity contribution < 1.29 is 0 Å². The predicted molar refractivity (Wildman–Crippen MR) is 186 cm³/mol. The predicted octanol–water partition coefficient (Wildman–Crippen LogP) is 11.2. The zero-order chi connectivity index (χ0) is 29.0. The van der Waals surface area contributed by atoms with Gasteiger partial charge in [-0.25, -0.2) is 0 Å². The molecule has 0 spiro atoms. The molecule has 0 fully saturated rings. The van der Waals surface area contributed by atoms with Gasteiger partial charge in [0.2, 0.25) is 0 Å². The van der Waals surface area contributed by atoms with E-state index in [-0.39, 0.29) is 0 Å². The summed E-state index contributed by atoms with van der Waals surface area (Å²) in [5.74, 6) is 0. The molecule has 0 aliphatic heterocycles. The number of aromatic nitrogens is 2. The Labute approximate surface area is 255 Å². The number of benzene rings is 7. The van der Waals surface area contributed by atoms with Crippen LogP contribution >= 0.6 is 0 Å². The maximum absolute atomic E-state index is 2.43. The summed E-state index contributed by atoms with van der Waals surface area (Å²) in [6, 6.07) is 61.4. The zero-order valence-electron chi connectivity index (χ0n) is 24.1. The Morgan fingerprint density at radius 1 is 0.273 bits per heavy atom. The van der Waals surface area contributed by atoms with Gasteiger partial charge in [-0.2, -0.15) is 0 Å². The van der Waals surface area contributed by atoms with E-state index < -0.39 is 0 Å². The lowest BCUT2D eigenvalue weighted by Gasteiger charge is -2.14. The molecule has 0 saturated heterocycles. The van der Waals surface area contributed by atoms with Crippen molar-refractivity contribution in [1.29, 1.82) is 0 Å². The molecule has 2 heterocycles. The molecule has 44 heavy (non-hydrogen) atoms. The number of hydrogen-bond acceptors (Lipinski definition) is 0. The van der Waals surface area contributed by atoms with Gasteiger partial charge in [0.1, 0.15) is 0 Å². The van der Waals surface area contributed by atoms with Crippen LogP contribution < -0.4 is 0 Å². The fourth-order valence-electron chi connectivity index (χ4n) is 6.99. The van der Waals surface area contributed by atoms with Gasteiger partial charge in [-0.3, -0.25) is 0 Å². The van der Waals surface area contributed by atoms with E-state index in [0.717, 1.165) is 11.4 Å². The number of para-hydroxylation sites is 3. The van der Waals surface area contributed by atoms with Crippen LogP contribution in [-0.4, -0.2) is 9.13 Å². The Morgan fingerprint density at radius 2 is 0.727 bits per heavy atom. The SMILES string of the molecule is c1ccc(-c2ccccc2-c2cccc(-n3c4ccccc4c4ccc(-n5c6ccccc6c6ccccc65)cc43)c2)cc1. The Hall–Kier alpha value is -5.86. The molecule has 0 radical (unpaired) electrons. The van der Waals surface area contributed by atoms with E-state index in [1.54, 1.807) is 0 Å². The minimum atomic E-state index is 1.15. The van der Waals surface area contributed by atoms with Crippen molar-refractivity contribution in [2.45, 2.75) is 0 Å². The van der Waals surface area contributed by atoms with Crippen molar-refractivity contribution in [1.82, 2.24) is 9.13 Å². The van der Waals surface area contributed by atoms with Crippen LogP contribution in [0.3, 0.4) is 0 Å². The fraction of sp³-hybridized carbons (Fsp3) is 0. The Kier molecular flexibility index (Phi) is 5.54.